The van der Waals surface area contributed by atoms with Crippen LogP contribution in [0.2, 0.25) is 5.02 Å². The van der Waals surface area contributed by atoms with Crippen LogP contribution in [0.15, 0.2) is 84.9 Å². The van der Waals surface area contributed by atoms with Crippen LogP contribution in [0.5, 0.6) is 17.2 Å². The van der Waals surface area contributed by atoms with Crippen molar-refractivity contribution >= 4 is 11.6 Å². The summed E-state index contributed by atoms with van der Waals surface area (Å²) in [7, 11) is 0. The van der Waals surface area contributed by atoms with Gasteiger partial charge in [-0.15, -0.1) is 0 Å². The van der Waals surface area contributed by atoms with E-state index in [1.54, 1.807) is 72.8 Å². The molecule has 0 saturated heterocycles. The van der Waals surface area contributed by atoms with Crippen molar-refractivity contribution in [2.24, 2.45) is 0 Å². The topological polar surface area (TPSA) is 60.7 Å². The van der Waals surface area contributed by atoms with Crippen LogP contribution in [-0.4, -0.2) is 15.3 Å². The molecule has 3 N–H and O–H groups in total. The molecule has 0 fully saturated rings. The van der Waals surface area contributed by atoms with E-state index < -0.39 is 0 Å². The minimum atomic E-state index is 0.133. The molecule has 0 heterocycles. The Morgan fingerprint density at radius 3 is 1.09 bits per heavy atom. The highest BCUT2D eigenvalue weighted by Gasteiger charge is 1.89. The van der Waals surface area contributed by atoms with E-state index in [2.05, 4.69) is 0 Å². The monoisotopic (exact) mass is 316 g/mol. The number of benzene rings is 3. The maximum absolute atomic E-state index is 8.79. The second-order valence-corrected chi connectivity index (χ2v) is 4.53. The van der Waals surface area contributed by atoms with E-state index in [4.69, 9.17) is 26.9 Å². The standard InChI is InChI=1S/C6H5ClO.2C6H6O/c7-5-3-1-2-4-6(5)8;2*7-6-4-2-1-3-5-6/h1-4,8H;2*1-5,7H. The van der Waals surface area contributed by atoms with Gasteiger partial charge < -0.3 is 15.3 Å². The molecule has 114 valence electrons. The van der Waals surface area contributed by atoms with Gasteiger partial charge in [-0.2, -0.15) is 0 Å². The molecular weight excluding hydrogens is 300 g/mol. The zero-order valence-corrected chi connectivity index (χ0v) is 12.6. The number of hydrogen-bond acceptors (Lipinski definition) is 3. The van der Waals surface area contributed by atoms with E-state index in [1.165, 1.54) is 0 Å². The lowest BCUT2D eigenvalue weighted by molar-refractivity contribution is 0.475. The van der Waals surface area contributed by atoms with Gasteiger partial charge in [0.2, 0.25) is 0 Å². The van der Waals surface area contributed by atoms with Gasteiger partial charge in [-0.1, -0.05) is 60.1 Å². The Kier molecular flexibility index (Phi) is 8.01. The lowest BCUT2D eigenvalue weighted by Crippen LogP contribution is -1.62. The Balaban J connectivity index is 0.000000166. The van der Waals surface area contributed by atoms with Gasteiger partial charge in [0.15, 0.2) is 0 Å². The third kappa shape index (κ3) is 7.82. The Bertz CT molecular complexity index is 584. The molecule has 0 radical (unpaired) electrons. The van der Waals surface area contributed by atoms with E-state index in [-0.39, 0.29) is 5.75 Å². The molecule has 0 atom stereocenters. The molecule has 0 aliphatic carbocycles. The number of para-hydroxylation sites is 3. The highest BCUT2D eigenvalue weighted by Crippen LogP contribution is 2.20. The fraction of sp³-hybridized carbons (Fsp3) is 0. The fourth-order valence-electron chi connectivity index (χ4n) is 1.31. The largest absolute Gasteiger partial charge is 0.508 e. The summed E-state index contributed by atoms with van der Waals surface area (Å²) in [5, 5.41) is 26.4. The first kappa shape index (κ1) is 17.4. The summed E-state index contributed by atoms with van der Waals surface area (Å²) < 4.78 is 0. The van der Waals surface area contributed by atoms with E-state index in [9.17, 15) is 0 Å². The quantitative estimate of drug-likeness (QED) is 0.556. The number of phenols is 3. The third-order valence-corrected chi connectivity index (χ3v) is 2.68. The summed E-state index contributed by atoms with van der Waals surface area (Å²) in [6.45, 7) is 0. The van der Waals surface area contributed by atoms with Gasteiger partial charge in [0.05, 0.1) is 5.02 Å². The van der Waals surface area contributed by atoms with Crippen LogP contribution in [0.4, 0.5) is 0 Å². The summed E-state index contributed by atoms with van der Waals surface area (Å²) in [5.74, 6) is 0.777. The van der Waals surface area contributed by atoms with Gasteiger partial charge in [0.1, 0.15) is 17.2 Å². The molecule has 0 amide bonds. The van der Waals surface area contributed by atoms with Gasteiger partial charge in [-0.3, -0.25) is 0 Å². The van der Waals surface area contributed by atoms with Crippen molar-refractivity contribution in [3.63, 3.8) is 0 Å². The van der Waals surface area contributed by atoms with Crippen LogP contribution < -0.4 is 0 Å². The summed E-state index contributed by atoms with van der Waals surface area (Å²) in [6, 6.07) is 24.1. The van der Waals surface area contributed by atoms with E-state index >= 15 is 0 Å². The van der Waals surface area contributed by atoms with Crippen LogP contribution >= 0.6 is 11.6 Å². The maximum Gasteiger partial charge on any atom is 0.134 e. The molecule has 3 nitrogen and oxygen atoms in total. The average Bonchev–Trinajstić information content (AvgIpc) is 2.53. The first-order chi connectivity index (χ1) is 10.6. The predicted molar refractivity (Wildman–Crippen MR) is 89.3 cm³/mol. The Morgan fingerprint density at radius 2 is 0.864 bits per heavy atom. The first-order valence-electron chi connectivity index (χ1n) is 6.51. The second-order valence-electron chi connectivity index (χ2n) is 4.12. The average molecular weight is 317 g/mol. The van der Waals surface area contributed by atoms with Crippen molar-refractivity contribution in [3.05, 3.63) is 90.0 Å². The Labute approximate surface area is 134 Å². The zero-order valence-electron chi connectivity index (χ0n) is 11.8. The summed E-state index contributed by atoms with van der Waals surface area (Å²) in [5.41, 5.74) is 0. The van der Waals surface area contributed by atoms with Crippen molar-refractivity contribution in [3.8, 4) is 17.2 Å². The van der Waals surface area contributed by atoms with Gasteiger partial charge in [0, 0.05) is 0 Å². The molecule has 0 unspecified atom stereocenters. The smallest absolute Gasteiger partial charge is 0.134 e. The van der Waals surface area contributed by atoms with E-state index in [0.29, 0.717) is 16.5 Å². The van der Waals surface area contributed by atoms with Gasteiger partial charge in [-0.25, -0.2) is 0 Å². The summed E-state index contributed by atoms with van der Waals surface area (Å²) in [4.78, 5) is 0. The molecule has 4 heteroatoms. The maximum atomic E-state index is 8.79. The molecule has 0 bridgehead atoms. The van der Waals surface area contributed by atoms with Crippen molar-refractivity contribution in [2.45, 2.75) is 0 Å². The van der Waals surface area contributed by atoms with Crippen molar-refractivity contribution in [1.29, 1.82) is 0 Å². The molecule has 0 saturated carbocycles. The SMILES string of the molecule is Oc1ccccc1.Oc1ccccc1.Oc1ccccc1Cl. The first-order valence-corrected chi connectivity index (χ1v) is 6.89. The summed E-state index contributed by atoms with van der Waals surface area (Å²) >= 11 is 5.46. The fourth-order valence-corrected chi connectivity index (χ4v) is 1.44. The highest BCUT2D eigenvalue weighted by molar-refractivity contribution is 6.31. The van der Waals surface area contributed by atoms with Crippen molar-refractivity contribution in [1.82, 2.24) is 0 Å². The molecule has 22 heavy (non-hydrogen) atoms. The summed E-state index contributed by atoms with van der Waals surface area (Å²) in [6.07, 6.45) is 0. The van der Waals surface area contributed by atoms with Gasteiger partial charge in [-0.05, 0) is 36.4 Å². The third-order valence-electron chi connectivity index (χ3n) is 2.36. The molecule has 3 aromatic rings. The van der Waals surface area contributed by atoms with E-state index in [0.717, 1.165) is 0 Å². The molecule has 0 aromatic heterocycles. The van der Waals surface area contributed by atoms with Gasteiger partial charge in [0.25, 0.3) is 0 Å². The second kappa shape index (κ2) is 10.1. The van der Waals surface area contributed by atoms with Crippen LogP contribution in [-0.2, 0) is 0 Å². The molecule has 3 aromatic carbocycles. The normalized spacial score (nSPS) is 8.77. The minimum absolute atomic E-state index is 0.133. The van der Waals surface area contributed by atoms with Crippen molar-refractivity contribution in [2.75, 3.05) is 0 Å². The Morgan fingerprint density at radius 1 is 0.500 bits per heavy atom. The van der Waals surface area contributed by atoms with Gasteiger partial charge >= 0.3 is 0 Å². The van der Waals surface area contributed by atoms with E-state index in [1.807, 2.05) is 12.1 Å². The van der Waals surface area contributed by atoms with Crippen LogP contribution in [0.25, 0.3) is 0 Å². The molecular formula is C18H17ClO3. The molecule has 3 rings (SSSR count). The lowest BCUT2D eigenvalue weighted by Gasteiger charge is -1.89. The van der Waals surface area contributed by atoms with Crippen LogP contribution in [0.1, 0.15) is 0 Å². The number of rotatable bonds is 0. The minimum Gasteiger partial charge on any atom is -0.508 e. The number of aromatic hydroxyl groups is 3. The molecule has 0 spiro atoms. The predicted octanol–water partition coefficient (Wildman–Crippen LogP) is 4.83. The lowest BCUT2D eigenvalue weighted by atomic mass is 10.3. The number of hydrogen-bond donors (Lipinski definition) is 3. The zero-order chi connectivity index (χ0) is 16.2. The molecule has 0 aliphatic rings. The van der Waals surface area contributed by atoms with Crippen LogP contribution in [0.3, 0.4) is 0 Å². The Hall–Kier alpha value is -2.65. The van der Waals surface area contributed by atoms with Crippen molar-refractivity contribution < 1.29 is 15.3 Å². The molecule has 0 aliphatic heterocycles. The highest BCUT2D eigenvalue weighted by atomic mass is 35.5. The number of phenolic OH excluding ortho intramolecular Hbond substituents is 3. The van der Waals surface area contributed by atoms with Crippen LogP contribution in [0, 0.1) is 0 Å². The number of halogens is 1.